The molecule has 0 aromatic rings. The topological polar surface area (TPSA) is 0 Å². The van der Waals surface area contributed by atoms with E-state index in [1.807, 2.05) is 0 Å². The van der Waals surface area contributed by atoms with Gasteiger partial charge in [-0.25, -0.2) is 0 Å². The van der Waals surface area contributed by atoms with Gasteiger partial charge in [0.15, 0.2) is 0 Å². The molecule has 0 atom stereocenters. The van der Waals surface area contributed by atoms with E-state index in [4.69, 9.17) is 23.2 Å². The Kier molecular flexibility index (Phi) is 5.97. The first-order chi connectivity index (χ1) is 3.31. The Balaban J connectivity index is 3.29. The van der Waals surface area contributed by atoms with Crippen LogP contribution >= 0.6 is 45.8 Å². The van der Waals surface area contributed by atoms with Crippen LogP contribution in [0.1, 0.15) is 0 Å². The summed E-state index contributed by atoms with van der Waals surface area (Å²) in [7, 11) is 0. The van der Waals surface area contributed by atoms with E-state index in [1.165, 1.54) is 0 Å². The molecule has 0 saturated carbocycles. The molecule has 7 heavy (non-hydrogen) atoms. The number of hydrogen-bond donors (Lipinski definition) is 0. The van der Waals surface area contributed by atoms with E-state index in [0.29, 0.717) is 5.88 Å². The normalized spacial score (nSPS) is 12.1. The van der Waals surface area contributed by atoms with Crippen molar-refractivity contribution in [3.8, 4) is 0 Å². The van der Waals surface area contributed by atoms with Crippen LogP contribution in [0.2, 0.25) is 0 Å². The molecule has 0 rings (SSSR count). The maximum Gasteiger partial charge on any atom is 0.0418 e. The van der Waals surface area contributed by atoms with Gasteiger partial charge in [0.2, 0.25) is 0 Å². The van der Waals surface area contributed by atoms with Gasteiger partial charge < -0.3 is 0 Å². The summed E-state index contributed by atoms with van der Waals surface area (Å²) in [6.45, 7) is 0. The van der Waals surface area contributed by atoms with Crippen molar-refractivity contribution >= 4 is 45.8 Å². The molecule has 0 aromatic carbocycles. The molecule has 0 N–H and O–H groups in total. The van der Waals surface area contributed by atoms with Crippen molar-refractivity contribution in [2.75, 3.05) is 10.3 Å². The van der Waals surface area contributed by atoms with E-state index in [0.717, 1.165) is 9.46 Å². The third kappa shape index (κ3) is 4.91. The third-order valence-corrected chi connectivity index (χ3v) is 2.14. The summed E-state index contributed by atoms with van der Waals surface area (Å²) in [6, 6.07) is 0. The van der Waals surface area contributed by atoms with Gasteiger partial charge in [-0.2, -0.15) is 0 Å². The first-order valence-corrected chi connectivity index (χ1v) is 4.21. The Labute approximate surface area is 67.0 Å². The highest BCUT2D eigenvalue weighted by molar-refractivity contribution is 14.1. The van der Waals surface area contributed by atoms with Crippen LogP contribution < -0.4 is 0 Å². The number of allylic oxidation sites excluding steroid dienone is 2. The van der Waals surface area contributed by atoms with Gasteiger partial charge in [-0.05, 0) is 0 Å². The van der Waals surface area contributed by atoms with Crippen LogP contribution in [0.3, 0.4) is 0 Å². The second kappa shape index (κ2) is 5.19. The van der Waals surface area contributed by atoms with Crippen molar-refractivity contribution in [2.24, 2.45) is 0 Å². The Hall–Kier alpha value is 1.05. The maximum atomic E-state index is 5.53. The smallest absolute Gasteiger partial charge is 0.0418 e. The van der Waals surface area contributed by atoms with Crippen molar-refractivity contribution in [2.45, 2.75) is 0 Å². The molecule has 42 valence electrons. The molecule has 0 aliphatic heterocycles. The average molecular weight is 251 g/mol. The molecule has 0 amide bonds. The lowest BCUT2D eigenvalue weighted by atomic mass is 10.6. The van der Waals surface area contributed by atoms with Gasteiger partial charge in [0.05, 0.1) is 0 Å². The fourth-order valence-electron chi connectivity index (χ4n) is 0.138. The second-order valence-corrected chi connectivity index (χ2v) is 2.50. The molecule has 0 saturated heterocycles. The molecule has 0 radical (unpaired) electrons. The molecule has 0 nitrogen and oxygen atoms in total. The molecule has 0 aliphatic carbocycles. The predicted molar refractivity (Wildman–Crippen MR) is 43.5 cm³/mol. The molecule has 0 aliphatic rings. The molecule has 0 spiro atoms. The number of rotatable bonds is 2. The van der Waals surface area contributed by atoms with Gasteiger partial charge in [-0.3, -0.25) is 0 Å². The zero-order chi connectivity index (χ0) is 5.70. The molecular formula is C4H5Cl2I. The third-order valence-electron chi connectivity index (χ3n) is 0.426. The summed E-state index contributed by atoms with van der Waals surface area (Å²) in [5.41, 5.74) is 0. The molecular weight excluding hydrogens is 246 g/mol. The van der Waals surface area contributed by atoms with Crippen molar-refractivity contribution in [1.82, 2.24) is 0 Å². The molecule has 0 aromatic heterocycles. The Morgan fingerprint density at radius 2 is 2.29 bits per heavy atom. The maximum absolute atomic E-state index is 5.53. The second-order valence-electron chi connectivity index (χ2n) is 0.939. The molecule has 0 unspecified atom stereocenters. The Morgan fingerprint density at radius 1 is 1.71 bits per heavy atom. The van der Waals surface area contributed by atoms with Crippen LogP contribution in [0.25, 0.3) is 0 Å². The zero-order valence-electron chi connectivity index (χ0n) is 3.63. The van der Waals surface area contributed by atoms with Gasteiger partial charge >= 0.3 is 0 Å². The van der Waals surface area contributed by atoms with Gasteiger partial charge in [0, 0.05) is 15.3 Å². The minimum atomic E-state index is 0.516. The predicted octanol–water partition coefficient (Wildman–Crippen LogP) is 2.78. The van der Waals surface area contributed by atoms with Crippen molar-refractivity contribution in [1.29, 1.82) is 0 Å². The van der Waals surface area contributed by atoms with Gasteiger partial charge in [0.1, 0.15) is 0 Å². The van der Waals surface area contributed by atoms with Crippen LogP contribution in [0.15, 0.2) is 11.1 Å². The quantitative estimate of drug-likeness (QED) is 0.522. The summed E-state index contributed by atoms with van der Waals surface area (Å²) >= 11 is 13.0. The lowest BCUT2D eigenvalue weighted by molar-refractivity contribution is 1.64. The fraction of sp³-hybridized carbons (Fsp3) is 0.500. The highest BCUT2D eigenvalue weighted by Crippen LogP contribution is 2.04. The average Bonchev–Trinajstić information content (AvgIpc) is 1.68. The number of halogens is 3. The van der Waals surface area contributed by atoms with Crippen molar-refractivity contribution < 1.29 is 0 Å². The molecule has 0 fully saturated rings. The van der Waals surface area contributed by atoms with Crippen LogP contribution in [-0.2, 0) is 0 Å². The van der Waals surface area contributed by atoms with Gasteiger partial charge in [0.25, 0.3) is 0 Å². The summed E-state index contributed by atoms with van der Waals surface area (Å²) < 4.78 is 0.853. The Bertz CT molecular complexity index is 70.1. The fourth-order valence-corrected chi connectivity index (χ4v) is 0.792. The van der Waals surface area contributed by atoms with Crippen molar-refractivity contribution in [3.05, 3.63) is 11.1 Å². The summed E-state index contributed by atoms with van der Waals surface area (Å²) in [6.07, 6.45) is 1.79. The summed E-state index contributed by atoms with van der Waals surface area (Å²) in [5.74, 6) is 0.516. The number of alkyl halides is 2. The lowest BCUT2D eigenvalue weighted by Gasteiger charge is -1.83. The van der Waals surface area contributed by atoms with E-state index >= 15 is 0 Å². The zero-order valence-corrected chi connectivity index (χ0v) is 7.29. The minimum absolute atomic E-state index is 0.516. The van der Waals surface area contributed by atoms with E-state index < -0.39 is 0 Å². The van der Waals surface area contributed by atoms with E-state index in [2.05, 4.69) is 22.6 Å². The van der Waals surface area contributed by atoms with Crippen LogP contribution in [-0.4, -0.2) is 10.3 Å². The molecule has 0 heterocycles. The first kappa shape index (κ1) is 8.05. The standard InChI is InChI=1S/C4H5Cl2I/c5-2-1-4(6)3-7/h1H,2-3H2/b4-1+. The van der Waals surface area contributed by atoms with Gasteiger partial charge in [-0.15, -0.1) is 11.6 Å². The molecule has 0 bridgehead atoms. The molecule has 3 heteroatoms. The van der Waals surface area contributed by atoms with Crippen LogP contribution in [0.4, 0.5) is 0 Å². The van der Waals surface area contributed by atoms with E-state index in [9.17, 15) is 0 Å². The lowest BCUT2D eigenvalue weighted by Crippen LogP contribution is -1.70. The number of hydrogen-bond acceptors (Lipinski definition) is 0. The van der Waals surface area contributed by atoms with E-state index in [-0.39, 0.29) is 0 Å². The minimum Gasteiger partial charge on any atom is -0.122 e. The van der Waals surface area contributed by atoms with Crippen LogP contribution in [0, 0.1) is 0 Å². The SMILES string of the molecule is ClC/C=C(/Cl)CI. The highest BCUT2D eigenvalue weighted by atomic mass is 127. The monoisotopic (exact) mass is 250 g/mol. The summed E-state index contributed by atoms with van der Waals surface area (Å²) in [5, 5.41) is 0.829. The first-order valence-electron chi connectivity index (χ1n) is 1.77. The summed E-state index contributed by atoms with van der Waals surface area (Å²) in [4.78, 5) is 0. The van der Waals surface area contributed by atoms with E-state index in [1.54, 1.807) is 6.08 Å². The van der Waals surface area contributed by atoms with Gasteiger partial charge in [-0.1, -0.05) is 40.3 Å². The largest absolute Gasteiger partial charge is 0.122 e. The Morgan fingerprint density at radius 3 is 2.43 bits per heavy atom. The highest BCUT2D eigenvalue weighted by Gasteiger charge is 1.82. The van der Waals surface area contributed by atoms with Crippen LogP contribution in [0.5, 0.6) is 0 Å². The van der Waals surface area contributed by atoms with Crippen molar-refractivity contribution in [3.63, 3.8) is 0 Å².